The van der Waals surface area contributed by atoms with Crippen LogP contribution in [-0.2, 0) is 9.59 Å². The highest BCUT2D eigenvalue weighted by atomic mass is 16.4. The van der Waals surface area contributed by atoms with Crippen molar-refractivity contribution in [1.29, 1.82) is 0 Å². The van der Waals surface area contributed by atoms with Crippen molar-refractivity contribution in [3.8, 4) is 0 Å². The third kappa shape index (κ3) is 2.43. The van der Waals surface area contributed by atoms with Crippen molar-refractivity contribution in [2.24, 2.45) is 23.2 Å². The topological polar surface area (TPSA) is 69.6 Å². The predicted molar refractivity (Wildman–Crippen MR) is 74.1 cm³/mol. The van der Waals surface area contributed by atoms with Crippen LogP contribution in [0.4, 0.5) is 0 Å². The van der Waals surface area contributed by atoms with Gasteiger partial charge in [-0.05, 0) is 37.1 Å². The van der Waals surface area contributed by atoms with Crippen LogP contribution in [0.5, 0.6) is 0 Å². The van der Waals surface area contributed by atoms with E-state index in [1.165, 1.54) is 12.8 Å². The molecule has 2 saturated carbocycles. The summed E-state index contributed by atoms with van der Waals surface area (Å²) in [7, 11) is 0. The Labute approximate surface area is 119 Å². The van der Waals surface area contributed by atoms with Crippen LogP contribution in [0.2, 0.25) is 0 Å². The molecule has 1 unspecified atom stereocenters. The molecule has 0 radical (unpaired) electrons. The maximum Gasteiger partial charge on any atom is 0.307 e. The third-order valence-corrected chi connectivity index (χ3v) is 5.32. The van der Waals surface area contributed by atoms with Gasteiger partial charge in [-0.25, -0.2) is 0 Å². The number of nitrogens with zero attached hydrogens (tertiary/aromatic N) is 1. The van der Waals surface area contributed by atoms with Gasteiger partial charge in [-0.15, -0.1) is 0 Å². The summed E-state index contributed by atoms with van der Waals surface area (Å²) in [5.74, 6) is -1.28. The molecule has 0 aromatic heterocycles. The first kappa shape index (κ1) is 13.9. The van der Waals surface area contributed by atoms with E-state index < -0.39 is 17.3 Å². The number of carboxylic acids is 1. The van der Waals surface area contributed by atoms with Gasteiger partial charge in [0.2, 0.25) is 5.91 Å². The van der Waals surface area contributed by atoms with Crippen molar-refractivity contribution < 1.29 is 14.7 Å². The van der Waals surface area contributed by atoms with E-state index in [2.05, 4.69) is 10.2 Å². The number of likely N-dealkylation sites (tertiary alicyclic amines) is 1. The van der Waals surface area contributed by atoms with E-state index >= 15 is 0 Å². The number of hydrogen-bond acceptors (Lipinski definition) is 3. The molecule has 2 N–H and O–H groups in total. The van der Waals surface area contributed by atoms with Gasteiger partial charge in [0, 0.05) is 19.1 Å². The Bertz CT molecular complexity index is 431. The summed E-state index contributed by atoms with van der Waals surface area (Å²) in [6.07, 6.45) is 3.80. The Balaban J connectivity index is 1.45. The monoisotopic (exact) mass is 280 g/mol. The average molecular weight is 280 g/mol. The van der Waals surface area contributed by atoms with Crippen LogP contribution >= 0.6 is 0 Å². The van der Waals surface area contributed by atoms with Crippen LogP contribution in [0.1, 0.15) is 33.1 Å². The Morgan fingerprint density at radius 3 is 2.50 bits per heavy atom. The molecule has 3 aliphatic rings. The zero-order valence-corrected chi connectivity index (χ0v) is 12.3. The smallest absolute Gasteiger partial charge is 0.307 e. The zero-order chi connectivity index (χ0) is 14.5. The Morgan fingerprint density at radius 2 is 1.95 bits per heavy atom. The van der Waals surface area contributed by atoms with Crippen LogP contribution in [-0.4, -0.2) is 47.6 Å². The van der Waals surface area contributed by atoms with Gasteiger partial charge in [0.15, 0.2) is 0 Å². The number of amides is 1. The summed E-state index contributed by atoms with van der Waals surface area (Å²) in [5, 5.41) is 12.1. The molecule has 5 heteroatoms. The van der Waals surface area contributed by atoms with Crippen LogP contribution in [0.15, 0.2) is 0 Å². The Hall–Kier alpha value is -1.10. The number of carboxylic acid groups (broad SMARTS) is 1. The van der Waals surface area contributed by atoms with E-state index in [1.807, 2.05) is 13.8 Å². The fraction of sp³-hybridized carbons (Fsp3) is 0.867. The molecule has 5 nitrogen and oxygen atoms in total. The number of hydrogen-bond donors (Lipinski definition) is 2. The van der Waals surface area contributed by atoms with Gasteiger partial charge < -0.3 is 15.3 Å². The molecule has 0 bridgehead atoms. The Kier molecular flexibility index (Phi) is 3.27. The summed E-state index contributed by atoms with van der Waals surface area (Å²) in [6.45, 7) is 6.65. The lowest BCUT2D eigenvalue weighted by Crippen LogP contribution is -2.33. The van der Waals surface area contributed by atoms with E-state index in [4.69, 9.17) is 5.11 Å². The second-order valence-corrected chi connectivity index (χ2v) is 7.24. The average Bonchev–Trinajstić information content (AvgIpc) is 3.24. The summed E-state index contributed by atoms with van der Waals surface area (Å²) >= 11 is 0. The molecular weight excluding hydrogens is 256 g/mol. The molecule has 1 saturated heterocycles. The van der Waals surface area contributed by atoms with E-state index in [1.54, 1.807) is 0 Å². The summed E-state index contributed by atoms with van der Waals surface area (Å²) in [5.41, 5.74) is -0.397. The van der Waals surface area contributed by atoms with Gasteiger partial charge in [0.05, 0.1) is 11.8 Å². The van der Waals surface area contributed by atoms with Crippen LogP contribution < -0.4 is 5.32 Å². The molecule has 112 valence electrons. The number of nitrogens with one attached hydrogen (secondary N) is 1. The fourth-order valence-electron chi connectivity index (χ4n) is 3.74. The van der Waals surface area contributed by atoms with Crippen molar-refractivity contribution in [3.05, 3.63) is 0 Å². The molecule has 3 rings (SSSR count). The number of aliphatic carboxylic acids is 1. The SMILES string of the molecule is CC1(C)[C@H](C(=O)O)[C@@H]1C(=O)NCC1CCN(C2CC2)C1. The Morgan fingerprint density at radius 1 is 1.25 bits per heavy atom. The largest absolute Gasteiger partial charge is 0.481 e. The molecular formula is C15H24N2O3. The van der Waals surface area contributed by atoms with Gasteiger partial charge in [-0.1, -0.05) is 13.8 Å². The fourth-order valence-corrected chi connectivity index (χ4v) is 3.74. The minimum atomic E-state index is -0.851. The molecule has 0 spiro atoms. The number of carbonyl (C=O) groups excluding carboxylic acids is 1. The molecule has 3 fully saturated rings. The van der Waals surface area contributed by atoms with Crippen molar-refractivity contribution in [3.63, 3.8) is 0 Å². The minimum Gasteiger partial charge on any atom is -0.481 e. The molecule has 20 heavy (non-hydrogen) atoms. The molecule has 3 atom stereocenters. The van der Waals surface area contributed by atoms with Crippen LogP contribution in [0, 0.1) is 23.2 Å². The van der Waals surface area contributed by atoms with Crippen molar-refractivity contribution in [1.82, 2.24) is 10.2 Å². The summed E-state index contributed by atoms with van der Waals surface area (Å²) in [4.78, 5) is 25.7. The summed E-state index contributed by atoms with van der Waals surface area (Å²) in [6, 6.07) is 0.800. The quantitative estimate of drug-likeness (QED) is 0.786. The lowest BCUT2D eigenvalue weighted by molar-refractivity contribution is -0.140. The highest BCUT2D eigenvalue weighted by Gasteiger charge is 2.65. The van der Waals surface area contributed by atoms with Gasteiger partial charge in [0.25, 0.3) is 0 Å². The molecule has 1 aliphatic heterocycles. The molecule has 0 aromatic carbocycles. The highest BCUT2D eigenvalue weighted by molar-refractivity contribution is 5.91. The van der Waals surface area contributed by atoms with E-state index in [0.29, 0.717) is 12.5 Å². The molecule has 1 heterocycles. The first-order valence-corrected chi connectivity index (χ1v) is 7.66. The van der Waals surface area contributed by atoms with Crippen molar-refractivity contribution >= 4 is 11.9 Å². The zero-order valence-electron chi connectivity index (χ0n) is 12.3. The summed E-state index contributed by atoms with van der Waals surface area (Å²) < 4.78 is 0. The van der Waals surface area contributed by atoms with E-state index in [9.17, 15) is 9.59 Å². The molecule has 1 amide bonds. The van der Waals surface area contributed by atoms with E-state index in [0.717, 1.165) is 25.6 Å². The van der Waals surface area contributed by atoms with Crippen molar-refractivity contribution in [2.45, 2.75) is 39.2 Å². The highest BCUT2D eigenvalue weighted by Crippen LogP contribution is 2.58. The maximum atomic E-state index is 12.1. The molecule has 2 aliphatic carbocycles. The maximum absolute atomic E-state index is 12.1. The van der Waals surface area contributed by atoms with Gasteiger partial charge >= 0.3 is 5.97 Å². The molecule has 0 aromatic rings. The lowest BCUT2D eigenvalue weighted by atomic mass is 10.1. The van der Waals surface area contributed by atoms with Gasteiger partial charge in [-0.2, -0.15) is 0 Å². The number of rotatable bonds is 5. The minimum absolute atomic E-state index is 0.0766. The first-order chi connectivity index (χ1) is 9.41. The van der Waals surface area contributed by atoms with Crippen LogP contribution in [0.3, 0.4) is 0 Å². The lowest BCUT2D eigenvalue weighted by Gasteiger charge is -2.15. The van der Waals surface area contributed by atoms with E-state index in [-0.39, 0.29) is 11.8 Å². The van der Waals surface area contributed by atoms with Crippen molar-refractivity contribution in [2.75, 3.05) is 19.6 Å². The normalized spacial score (nSPS) is 35.8. The predicted octanol–water partition coefficient (Wildman–Crippen LogP) is 0.944. The number of carbonyl (C=O) groups is 2. The first-order valence-electron chi connectivity index (χ1n) is 7.66. The third-order valence-electron chi connectivity index (χ3n) is 5.32. The van der Waals surface area contributed by atoms with Gasteiger partial charge in [-0.3, -0.25) is 9.59 Å². The standard InChI is InChI=1S/C15H24N2O3/c1-15(2)11(12(15)14(19)20)13(18)16-7-9-5-6-17(8-9)10-3-4-10/h9-12H,3-8H2,1-2H3,(H,16,18)(H,19,20)/t9?,11-,12+/m1/s1. The second kappa shape index (κ2) is 4.72. The van der Waals surface area contributed by atoms with Gasteiger partial charge in [0.1, 0.15) is 0 Å². The second-order valence-electron chi connectivity index (χ2n) is 7.24. The van der Waals surface area contributed by atoms with Crippen LogP contribution in [0.25, 0.3) is 0 Å².